The first kappa shape index (κ1) is 17.0. The zero-order valence-electron chi connectivity index (χ0n) is 12.4. The summed E-state index contributed by atoms with van der Waals surface area (Å²) in [5.41, 5.74) is 0.741. The molecule has 0 aliphatic carbocycles. The maximum Gasteiger partial charge on any atom is 0.328 e. The van der Waals surface area contributed by atoms with E-state index in [0.29, 0.717) is 6.54 Å². The Morgan fingerprint density at radius 3 is 2.52 bits per heavy atom. The van der Waals surface area contributed by atoms with Crippen LogP contribution in [0.4, 0.5) is 10.5 Å². The predicted octanol–water partition coefficient (Wildman–Crippen LogP) is 2.10. The standard InChI is InChI=1S/C15H22N2O4/c1-3-4-10-17(12-8-6-5-7-9-12)15(20)16-13(11-21-2)14(18)19/h5-9,13H,3-4,10-11H2,1-2H3,(H,16,20)(H,18,19). The number of carbonyl (C=O) groups is 2. The average Bonchev–Trinajstić information content (AvgIpc) is 2.48. The average molecular weight is 294 g/mol. The first-order valence-corrected chi connectivity index (χ1v) is 6.95. The summed E-state index contributed by atoms with van der Waals surface area (Å²) in [5, 5.41) is 11.6. The number of ether oxygens (including phenoxy) is 1. The molecule has 0 radical (unpaired) electrons. The van der Waals surface area contributed by atoms with Crippen LogP contribution in [0.2, 0.25) is 0 Å². The number of rotatable bonds is 8. The van der Waals surface area contributed by atoms with Crippen LogP contribution in [0.15, 0.2) is 30.3 Å². The molecule has 0 saturated heterocycles. The first-order valence-electron chi connectivity index (χ1n) is 6.95. The molecular formula is C15H22N2O4. The number of anilines is 1. The lowest BCUT2D eigenvalue weighted by atomic mass is 10.2. The highest BCUT2D eigenvalue weighted by molar-refractivity contribution is 5.94. The van der Waals surface area contributed by atoms with Gasteiger partial charge in [-0.15, -0.1) is 0 Å². The van der Waals surface area contributed by atoms with E-state index in [-0.39, 0.29) is 6.61 Å². The number of urea groups is 1. The molecule has 1 rings (SSSR count). The van der Waals surface area contributed by atoms with Crippen molar-refractivity contribution in [2.45, 2.75) is 25.8 Å². The van der Waals surface area contributed by atoms with E-state index >= 15 is 0 Å². The molecule has 0 saturated carbocycles. The summed E-state index contributed by atoms with van der Waals surface area (Å²) in [6, 6.07) is 7.69. The third-order valence-electron chi connectivity index (χ3n) is 2.98. The highest BCUT2D eigenvalue weighted by Crippen LogP contribution is 2.14. The van der Waals surface area contributed by atoms with Crippen LogP contribution in [-0.4, -0.2) is 43.4 Å². The normalized spacial score (nSPS) is 11.7. The summed E-state index contributed by atoms with van der Waals surface area (Å²) in [6.45, 7) is 2.50. The number of nitrogens with zero attached hydrogens (tertiary/aromatic N) is 1. The molecule has 1 aromatic carbocycles. The van der Waals surface area contributed by atoms with Crippen molar-refractivity contribution in [1.82, 2.24) is 5.32 Å². The molecule has 0 bridgehead atoms. The van der Waals surface area contributed by atoms with Crippen LogP contribution in [-0.2, 0) is 9.53 Å². The van der Waals surface area contributed by atoms with Crippen LogP contribution in [0.5, 0.6) is 0 Å². The van der Waals surface area contributed by atoms with Gasteiger partial charge in [-0.05, 0) is 18.6 Å². The van der Waals surface area contributed by atoms with E-state index in [1.54, 1.807) is 4.90 Å². The number of nitrogens with one attached hydrogen (secondary N) is 1. The van der Waals surface area contributed by atoms with Gasteiger partial charge in [0.1, 0.15) is 0 Å². The number of para-hydroxylation sites is 1. The topological polar surface area (TPSA) is 78.9 Å². The van der Waals surface area contributed by atoms with Gasteiger partial charge in [-0.1, -0.05) is 31.5 Å². The molecule has 2 amide bonds. The molecular weight excluding hydrogens is 272 g/mol. The quantitative estimate of drug-likeness (QED) is 0.769. The van der Waals surface area contributed by atoms with Crippen LogP contribution >= 0.6 is 0 Å². The Hall–Kier alpha value is -2.08. The number of carboxylic acid groups (broad SMARTS) is 1. The number of carboxylic acids is 1. The van der Waals surface area contributed by atoms with Crippen molar-refractivity contribution < 1.29 is 19.4 Å². The highest BCUT2D eigenvalue weighted by atomic mass is 16.5. The van der Waals surface area contributed by atoms with Gasteiger partial charge in [0.15, 0.2) is 6.04 Å². The van der Waals surface area contributed by atoms with Crippen molar-refractivity contribution >= 4 is 17.7 Å². The van der Waals surface area contributed by atoms with E-state index in [1.165, 1.54) is 7.11 Å². The summed E-state index contributed by atoms with van der Waals surface area (Å²) in [7, 11) is 1.40. The number of amides is 2. The van der Waals surface area contributed by atoms with Crippen molar-refractivity contribution in [3.63, 3.8) is 0 Å². The maximum absolute atomic E-state index is 12.3. The summed E-state index contributed by atoms with van der Waals surface area (Å²) in [6.07, 6.45) is 1.78. The molecule has 6 heteroatoms. The summed E-state index contributed by atoms with van der Waals surface area (Å²) in [4.78, 5) is 25.0. The second-order valence-electron chi connectivity index (χ2n) is 4.64. The van der Waals surface area contributed by atoms with E-state index in [4.69, 9.17) is 9.84 Å². The molecule has 1 unspecified atom stereocenters. The minimum absolute atomic E-state index is 0.0719. The Kier molecular flexibility index (Phi) is 7.25. The number of aliphatic carboxylic acids is 1. The summed E-state index contributed by atoms with van der Waals surface area (Å²) < 4.78 is 4.82. The number of unbranched alkanes of at least 4 members (excludes halogenated alkanes) is 1. The number of methoxy groups -OCH3 is 1. The number of hydrogen-bond donors (Lipinski definition) is 2. The van der Waals surface area contributed by atoms with Gasteiger partial charge < -0.3 is 15.2 Å². The van der Waals surface area contributed by atoms with Gasteiger partial charge >= 0.3 is 12.0 Å². The van der Waals surface area contributed by atoms with Crippen molar-refractivity contribution in [2.24, 2.45) is 0 Å². The second-order valence-corrected chi connectivity index (χ2v) is 4.64. The molecule has 21 heavy (non-hydrogen) atoms. The monoisotopic (exact) mass is 294 g/mol. The lowest BCUT2D eigenvalue weighted by Crippen LogP contribution is -2.50. The Morgan fingerprint density at radius 1 is 1.33 bits per heavy atom. The maximum atomic E-state index is 12.3. The first-order chi connectivity index (χ1) is 10.1. The lowest BCUT2D eigenvalue weighted by Gasteiger charge is -2.25. The van der Waals surface area contributed by atoms with E-state index in [0.717, 1.165) is 18.5 Å². The molecule has 0 spiro atoms. The molecule has 0 aliphatic rings. The summed E-state index contributed by atoms with van der Waals surface area (Å²) in [5.74, 6) is -1.12. The Bertz CT molecular complexity index is 450. The van der Waals surface area contributed by atoms with Crippen molar-refractivity contribution in [3.05, 3.63) is 30.3 Å². The molecule has 0 aliphatic heterocycles. The Balaban J connectivity index is 2.82. The van der Waals surface area contributed by atoms with E-state index in [1.807, 2.05) is 37.3 Å². The Morgan fingerprint density at radius 2 is 2.00 bits per heavy atom. The van der Waals surface area contributed by atoms with Gasteiger partial charge in [-0.25, -0.2) is 9.59 Å². The molecule has 0 fully saturated rings. The third-order valence-corrected chi connectivity index (χ3v) is 2.98. The number of carbonyl (C=O) groups excluding carboxylic acids is 1. The van der Waals surface area contributed by atoms with Crippen molar-refractivity contribution in [2.75, 3.05) is 25.2 Å². The largest absolute Gasteiger partial charge is 0.480 e. The second kappa shape index (κ2) is 8.97. The van der Waals surface area contributed by atoms with Crippen LogP contribution in [0.1, 0.15) is 19.8 Å². The molecule has 116 valence electrons. The molecule has 1 aromatic rings. The van der Waals surface area contributed by atoms with Gasteiger partial charge in [0.2, 0.25) is 0 Å². The van der Waals surface area contributed by atoms with Gasteiger partial charge in [0, 0.05) is 19.3 Å². The zero-order valence-corrected chi connectivity index (χ0v) is 12.4. The third kappa shape index (κ3) is 5.43. The lowest BCUT2D eigenvalue weighted by molar-refractivity contribution is -0.140. The number of benzene rings is 1. The van der Waals surface area contributed by atoms with Crippen LogP contribution in [0, 0.1) is 0 Å². The van der Waals surface area contributed by atoms with Crippen LogP contribution < -0.4 is 10.2 Å². The zero-order chi connectivity index (χ0) is 15.7. The smallest absolute Gasteiger partial charge is 0.328 e. The van der Waals surface area contributed by atoms with Gasteiger partial charge in [0.25, 0.3) is 0 Å². The molecule has 0 heterocycles. The molecule has 1 atom stereocenters. The Labute approximate surface area is 124 Å². The van der Waals surface area contributed by atoms with Crippen molar-refractivity contribution in [3.8, 4) is 0 Å². The highest BCUT2D eigenvalue weighted by Gasteiger charge is 2.23. The predicted molar refractivity (Wildman–Crippen MR) is 80.5 cm³/mol. The van der Waals surface area contributed by atoms with E-state index < -0.39 is 18.0 Å². The fourth-order valence-electron chi connectivity index (χ4n) is 1.84. The molecule has 0 aromatic heterocycles. The number of hydrogen-bond acceptors (Lipinski definition) is 3. The molecule has 2 N–H and O–H groups in total. The fraction of sp³-hybridized carbons (Fsp3) is 0.467. The van der Waals surface area contributed by atoms with E-state index in [9.17, 15) is 9.59 Å². The van der Waals surface area contributed by atoms with Gasteiger partial charge in [-0.2, -0.15) is 0 Å². The van der Waals surface area contributed by atoms with Gasteiger partial charge in [0.05, 0.1) is 6.61 Å². The van der Waals surface area contributed by atoms with Crippen LogP contribution in [0.25, 0.3) is 0 Å². The molecule has 6 nitrogen and oxygen atoms in total. The van der Waals surface area contributed by atoms with Gasteiger partial charge in [-0.3, -0.25) is 4.90 Å². The minimum atomic E-state index is -1.12. The minimum Gasteiger partial charge on any atom is -0.480 e. The fourth-order valence-corrected chi connectivity index (χ4v) is 1.84. The SMILES string of the molecule is CCCCN(C(=O)NC(COC)C(=O)O)c1ccccc1. The summed E-state index contributed by atoms with van der Waals surface area (Å²) >= 11 is 0. The van der Waals surface area contributed by atoms with Crippen molar-refractivity contribution in [1.29, 1.82) is 0 Å². The van der Waals surface area contributed by atoms with Crippen LogP contribution in [0.3, 0.4) is 0 Å². The van der Waals surface area contributed by atoms with E-state index in [2.05, 4.69) is 5.32 Å².